The third kappa shape index (κ3) is 6.47. The summed E-state index contributed by atoms with van der Waals surface area (Å²) in [5.74, 6) is -0.312. The van der Waals surface area contributed by atoms with Gasteiger partial charge in [-0.15, -0.1) is 0 Å². The SMILES string of the molecule is Cc1ccc(C(=O)Nc2ccccc2)cc1NCC(=O)NCc1ccc(C(=O)N2CCCC2)cc1. The van der Waals surface area contributed by atoms with Crippen LogP contribution in [0.5, 0.6) is 0 Å². The number of aryl methyl sites for hydroxylation is 1. The second-order valence-electron chi connectivity index (χ2n) is 8.68. The molecule has 0 atom stereocenters. The molecule has 0 radical (unpaired) electrons. The highest BCUT2D eigenvalue weighted by atomic mass is 16.2. The van der Waals surface area contributed by atoms with Crippen molar-refractivity contribution in [2.75, 3.05) is 30.3 Å². The van der Waals surface area contributed by atoms with Gasteiger partial charge in [0.15, 0.2) is 0 Å². The lowest BCUT2D eigenvalue weighted by atomic mass is 10.1. The van der Waals surface area contributed by atoms with Crippen molar-refractivity contribution in [1.29, 1.82) is 0 Å². The van der Waals surface area contributed by atoms with Gasteiger partial charge in [0.05, 0.1) is 6.54 Å². The summed E-state index contributed by atoms with van der Waals surface area (Å²) in [7, 11) is 0. The number of hydrogen-bond donors (Lipinski definition) is 3. The highest BCUT2D eigenvalue weighted by molar-refractivity contribution is 6.05. The first-order valence-electron chi connectivity index (χ1n) is 11.9. The van der Waals surface area contributed by atoms with Crippen LogP contribution in [-0.4, -0.2) is 42.3 Å². The summed E-state index contributed by atoms with van der Waals surface area (Å²) in [6.45, 7) is 4.02. The first-order valence-corrected chi connectivity index (χ1v) is 11.9. The molecule has 3 N–H and O–H groups in total. The molecule has 7 nitrogen and oxygen atoms in total. The van der Waals surface area contributed by atoms with Crippen LogP contribution in [0.4, 0.5) is 11.4 Å². The Kier molecular flexibility index (Phi) is 7.77. The average molecular weight is 471 g/mol. The van der Waals surface area contributed by atoms with E-state index < -0.39 is 0 Å². The van der Waals surface area contributed by atoms with E-state index in [1.54, 1.807) is 12.1 Å². The van der Waals surface area contributed by atoms with E-state index >= 15 is 0 Å². The first kappa shape index (κ1) is 24.0. The molecule has 0 unspecified atom stereocenters. The standard InChI is InChI=1S/C28H30N4O3/c1-20-9-12-23(27(34)31-24-7-3-2-4-8-24)17-25(20)29-19-26(33)30-18-21-10-13-22(14-11-21)28(35)32-15-5-6-16-32/h2-4,7-14,17,29H,5-6,15-16,18-19H2,1H3,(H,30,33)(H,31,34). The van der Waals surface area contributed by atoms with E-state index in [4.69, 9.17) is 0 Å². The largest absolute Gasteiger partial charge is 0.376 e. The van der Waals surface area contributed by atoms with Gasteiger partial charge in [0, 0.05) is 42.1 Å². The predicted molar refractivity (Wildman–Crippen MR) is 137 cm³/mol. The van der Waals surface area contributed by atoms with E-state index in [-0.39, 0.29) is 24.3 Å². The normalized spacial score (nSPS) is 12.8. The third-order valence-corrected chi connectivity index (χ3v) is 6.05. The molecule has 1 saturated heterocycles. The number of benzene rings is 3. The smallest absolute Gasteiger partial charge is 0.255 e. The molecule has 1 heterocycles. The Labute approximate surface area is 205 Å². The van der Waals surface area contributed by atoms with Crippen LogP contribution < -0.4 is 16.0 Å². The summed E-state index contributed by atoms with van der Waals surface area (Å²) in [6, 6.07) is 22.0. The van der Waals surface area contributed by atoms with Crippen molar-refractivity contribution in [2.24, 2.45) is 0 Å². The van der Waals surface area contributed by atoms with E-state index in [2.05, 4.69) is 16.0 Å². The van der Waals surface area contributed by atoms with E-state index in [9.17, 15) is 14.4 Å². The van der Waals surface area contributed by atoms with Gasteiger partial charge < -0.3 is 20.9 Å². The van der Waals surface area contributed by atoms with Crippen LogP contribution in [0.1, 0.15) is 44.7 Å². The van der Waals surface area contributed by atoms with Crippen LogP contribution >= 0.6 is 0 Å². The average Bonchev–Trinajstić information content (AvgIpc) is 3.42. The minimum atomic E-state index is -0.213. The summed E-state index contributed by atoms with van der Waals surface area (Å²) >= 11 is 0. The summed E-state index contributed by atoms with van der Waals surface area (Å²) in [4.78, 5) is 39.3. The maximum Gasteiger partial charge on any atom is 0.255 e. The maximum absolute atomic E-state index is 12.6. The highest BCUT2D eigenvalue weighted by Crippen LogP contribution is 2.18. The minimum Gasteiger partial charge on any atom is -0.376 e. The lowest BCUT2D eigenvalue weighted by molar-refractivity contribution is -0.119. The summed E-state index contributed by atoms with van der Waals surface area (Å²) in [6.07, 6.45) is 2.13. The van der Waals surface area contributed by atoms with Gasteiger partial charge >= 0.3 is 0 Å². The van der Waals surface area contributed by atoms with Gasteiger partial charge in [-0.05, 0) is 67.3 Å². The van der Waals surface area contributed by atoms with Gasteiger partial charge in [0.2, 0.25) is 5.91 Å². The molecule has 3 amide bonds. The van der Waals surface area contributed by atoms with Gasteiger partial charge in [-0.1, -0.05) is 36.4 Å². The van der Waals surface area contributed by atoms with Crippen molar-refractivity contribution in [3.8, 4) is 0 Å². The van der Waals surface area contributed by atoms with Crippen LogP contribution in [-0.2, 0) is 11.3 Å². The molecular formula is C28H30N4O3. The number of likely N-dealkylation sites (tertiary alicyclic amines) is 1. The molecule has 3 aromatic carbocycles. The Hall–Kier alpha value is -4.13. The van der Waals surface area contributed by atoms with Gasteiger partial charge in [0.1, 0.15) is 0 Å². The number of carbonyl (C=O) groups excluding carboxylic acids is 3. The van der Waals surface area contributed by atoms with Crippen LogP contribution in [0.2, 0.25) is 0 Å². The Morgan fingerprint density at radius 1 is 0.857 bits per heavy atom. The molecule has 1 aliphatic heterocycles. The predicted octanol–water partition coefficient (Wildman–Crippen LogP) is 4.21. The van der Waals surface area contributed by atoms with Crippen molar-refractivity contribution < 1.29 is 14.4 Å². The molecule has 4 rings (SSSR count). The number of rotatable bonds is 8. The number of nitrogens with zero attached hydrogens (tertiary/aromatic N) is 1. The summed E-state index contributed by atoms with van der Waals surface area (Å²) in [5.41, 5.74) is 4.49. The van der Waals surface area contributed by atoms with E-state index in [1.165, 1.54) is 0 Å². The zero-order valence-electron chi connectivity index (χ0n) is 19.8. The molecule has 7 heteroatoms. The van der Waals surface area contributed by atoms with Crippen molar-refractivity contribution in [1.82, 2.24) is 10.2 Å². The molecule has 0 bridgehead atoms. The zero-order chi connectivity index (χ0) is 24.6. The second-order valence-corrected chi connectivity index (χ2v) is 8.68. The zero-order valence-corrected chi connectivity index (χ0v) is 19.8. The van der Waals surface area contributed by atoms with Gasteiger partial charge in [-0.2, -0.15) is 0 Å². The molecule has 0 aromatic heterocycles. The van der Waals surface area contributed by atoms with E-state index in [1.807, 2.05) is 72.5 Å². The topological polar surface area (TPSA) is 90.5 Å². The first-order chi connectivity index (χ1) is 17.0. The molecule has 1 aliphatic rings. The fourth-order valence-corrected chi connectivity index (χ4v) is 3.99. The second kappa shape index (κ2) is 11.3. The van der Waals surface area contributed by atoms with Crippen molar-refractivity contribution in [2.45, 2.75) is 26.3 Å². The summed E-state index contributed by atoms with van der Waals surface area (Å²) < 4.78 is 0. The Morgan fingerprint density at radius 3 is 2.26 bits per heavy atom. The third-order valence-electron chi connectivity index (χ3n) is 6.05. The lowest BCUT2D eigenvalue weighted by Gasteiger charge is -2.15. The van der Waals surface area contributed by atoms with Crippen LogP contribution in [0.3, 0.4) is 0 Å². The van der Waals surface area contributed by atoms with Crippen molar-refractivity contribution >= 4 is 29.1 Å². The molecule has 1 fully saturated rings. The molecule has 0 spiro atoms. The maximum atomic E-state index is 12.6. The quantitative estimate of drug-likeness (QED) is 0.460. The number of anilines is 2. The number of nitrogens with one attached hydrogen (secondary N) is 3. The van der Waals surface area contributed by atoms with Gasteiger partial charge in [0.25, 0.3) is 11.8 Å². The fourth-order valence-electron chi connectivity index (χ4n) is 3.99. The fraction of sp³-hybridized carbons (Fsp3) is 0.250. The molecule has 35 heavy (non-hydrogen) atoms. The number of amides is 3. The number of hydrogen-bond acceptors (Lipinski definition) is 4. The monoisotopic (exact) mass is 470 g/mol. The van der Waals surface area contributed by atoms with Crippen molar-refractivity contribution in [3.63, 3.8) is 0 Å². The number of carbonyl (C=O) groups is 3. The van der Waals surface area contributed by atoms with E-state index in [0.717, 1.165) is 48.4 Å². The van der Waals surface area contributed by atoms with Gasteiger partial charge in [-0.3, -0.25) is 14.4 Å². The Balaban J connectivity index is 1.27. The molecular weight excluding hydrogens is 440 g/mol. The Bertz CT molecular complexity index is 1190. The molecule has 180 valence electrons. The number of para-hydroxylation sites is 1. The summed E-state index contributed by atoms with van der Waals surface area (Å²) in [5, 5.41) is 8.87. The van der Waals surface area contributed by atoms with E-state index in [0.29, 0.717) is 17.7 Å². The van der Waals surface area contributed by atoms with Crippen LogP contribution in [0.25, 0.3) is 0 Å². The Morgan fingerprint density at radius 2 is 1.54 bits per heavy atom. The highest BCUT2D eigenvalue weighted by Gasteiger charge is 2.19. The van der Waals surface area contributed by atoms with Crippen LogP contribution in [0, 0.1) is 6.92 Å². The molecule has 0 saturated carbocycles. The van der Waals surface area contributed by atoms with Crippen molar-refractivity contribution in [3.05, 3.63) is 95.1 Å². The minimum absolute atomic E-state index is 0.0670. The van der Waals surface area contributed by atoms with Gasteiger partial charge in [-0.25, -0.2) is 0 Å². The lowest BCUT2D eigenvalue weighted by Crippen LogP contribution is -2.30. The van der Waals surface area contributed by atoms with Crippen LogP contribution in [0.15, 0.2) is 72.8 Å². The molecule has 0 aliphatic carbocycles. The molecule has 3 aromatic rings.